The van der Waals surface area contributed by atoms with E-state index in [9.17, 15) is 9.59 Å². The van der Waals surface area contributed by atoms with E-state index in [1.165, 1.54) is 6.92 Å². The van der Waals surface area contributed by atoms with Crippen LogP contribution in [-0.2, 0) is 16.0 Å². The molecule has 0 aliphatic rings. The summed E-state index contributed by atoms with van der Waals surface area (Å²) in [5.74, 6) is 0.267. The summed E-state index contributed by atoms with van der Waals surface area (Å²) in [6.07, 6.45) is 0.479. The number of benzene rings is 2. The molecule has 0 radical (unpaired) electrons. The van der Waals surface area contributed by atoms with Crippen molar-refractivity contribution in [2.45, 2.75) is 26.3 Å². The number of hydrogen-bond acceptors (Lipinski definition) is 3. The van der Waals surface area contributed by atoms with Gasteiger partial charge in [-0.2, -0.15) is 0 Å². The van der Waals surface area contributed by atoms with Gasteiger partial charge >= 0.3 is 0 Å². The normalized spacial score (nSPS) is 11.6. The average Bonchev–Trinajstić information content (AvgIpc) is 2.53. The molecule has 0 aliphatic carbocycles. The molecule has 1 amide bonds. The van der Waals surface area contributed by atoms with Crippen molar-refractivity contribution in [2.75, 3.05) is 6.61 Å². The summed E-state index contributed by atoms with van der Waals surface area (Å²) in [6.45, 7) is 3.33. The van der Waals surface area contributed by atoms with Gasteiger partial charge < -0.3 is 10.1 Å². The summed E-state index contributed by atoms with van der Waals surface area (Å²) < 4.78 is 5.46. The van der Waals surface area contributed by atoms with Crippen LogP contribution in [0.5, 0.6) is 5.75 Å². The van der Waals surface area contributed by atoms with Crippen LogP contribution in [0, 0.1) is 6.92 Å². The molecule has 0 saturated heterocycles. The van der Waals surface area contributed by atoms with Crippen LogP contribution in [0.15, 0.2) is 54.6 Å². The molecule has 0 heterocycles. The molecule has 1 atom stereocenters. The molecule has 2 aromatic rings. The van der Waals surface area contributed by atoms with Crippen molar-refractivity contribution in [3.8, 4) is 5.75 Å². The van der Waals surface area contributed by atoms with Crippen LogP contribution in [0.1, 0.15) is 18.1 Å². The number of carbonyl (C=O) groups is 2. The van der Waals surface area contributed by atoms with Crippen LogP contribution in [-0.4, -0.2) is 24.3 Å². The molecule has 0 aromatic heterocycles. The summed E-state index contributed by atoms with van der Waals surface area (Å²) in [5.41, 5.74) is 2.07. The summed E-state index contributed by atoms with van der Waals surface area (Å²) in [7, 11) is 0. The van der Waals surface area contributed by atoms with Crippen molar-refractivity contribution in [1.82, 2.24) is 5.32 Å². The maximum Gasteiger partial charge on any atom is 0.258 e. The molecule has 2 aromatic carbocycles. The second kappa shape index (κ2) is 8.13. The van der Waals surface area contributed by atoms with Crippen molar-refractivity contribution in [3.63, 3.8) is 0 Å². The van der Waals surface area contributed by atoms with Crippen molar-refractivity contribution in [2.24, 2.45) is 0 Å². The second-order valence-corrected chi connectivity index (χ2v) is 5.53. The minimum absolute atomic E-state index is 0.0715. The van der Waals surface area contributed by atoms with Crippen LogP contribution in [0.25, 0.3) is 0 Å². The van der Waals surface area contributed by atoms with Crippen LogP contribution in [0.4, 0.5) is 0 Å². The van der Waals surface area contributed by atoms with Crippen molar-refractivity contribution in [3.05, 3.63) is 65.7 Å². The number of ether oxygens (including phenoxy) is 1. The lowest BCUT2D eigenvalue weighted by molar-refractivity contribution is -0.128. The lowest BCUT2D eigenvalue weighted by Crippen LogP contribution is -2.43. The quantitative estimate of drug-likeness (QED) is 0.855. The van der Waals surface area contributed by atoms with Gasteiger partial charge in [0.25, 0.3) is 5.91 Å². The Morgan fingerprint density at radius 3 is 2.48 bits per heavy atom. The van der Waals surface area contributed by atoms with Crippen molar-refractivity contribution in [1.29, 1.82) is 0 Å². The number of ketones is 1. The first-order chi connectivity index (χ1) is 11.0. The zero-order valence-corrected chi connectivity index (χ0v) is 13.4. The Bertz CT molecular complexity index is 667. The number of carbonyl (C=O) groups excluding carboxylic acids is 2. The van der Waals surface area contributed by atoms with Gasteiger partial charge in [0, 0.05) is 0 Å². The van der Waals surface area contributed by atoms with Gasteiger partial charge in [-0.25, -0.2) is 0 Å². The Balaban J connectivity index is 1.89. The largest absolute Gasteiger partial charge is 0.484 e. The molecule has 0 bridgehead atoms. The SMILES string of the molecule is CC(=O)[C@@H](Cc1ccccc1)NC(=O)COc1cccc(C)c1. The van der Waals surface area contributed by atoms with Gasteiger partial charge in [0.05, 0.1) is 6.04 Å². The summed E-state index contributed by atoms with van der Waals surface area (Å²) >= 11 is 0. The standard InChI is InChI=1S/C19H21NO3/c1-14-7-6-10-17(11-14)23-13-19(22)20-18(15(2)21)12-16-8-4-3-5-9-16/h3-11,18H,12-13H2,1-2H3,(H,20,22)/t18-/m1/s1. The van der Waals surface area contributed by atoms with E-state index in [2.05, 4.69) is 5.32 Å². The van der Waals surface area contributed by atoms with Gasteiger partial charge in [0.2, 0.25) is 0 Å². The van der Waals surface area contributed by atoms with E-state index < -0.39 is 6.04 Å². The fourth-order valence-electron chi connectivity index (χ4n) is 2.24. The fraction of sp³-hybridized carbons (Fsp3) is 0.263. The zero-order valence-electron chi connectivity index (χ0n) is 13.4. The number of amides is 1. The molecule has 0 spiro atoms. The lowest BCUT2D eigenvalue weighted by atomic mass is 10.0. The Labute approximate surface area is 136 Å². The third-order valence-corrected chi connectivity index (χ3v) is 3.47. The topological polar surface area (TPSA) is 55.4 Å². The van der Waals surface area contributed by atoms with Crippen LogP contribution in [0.2, 0.25) is 0 Å². The van der Waals surface area contributed by atoms with Crippen LogP contribution >= 0.6 is 0 Å². The minimum atomic E-state index is -0.536. The third kappa shape index (κ3) is 5.58. The molecule has 1 N–H and O–H groups in total. The predicted octanol–water partition coefficient (Wildman–Crippen LogP) is 2.69. The predicted molar refractivity (Wildman–Crippen MR) is 89.4 cm³/mol. The zero-order chi connectivity index (χ0) is 16.7. The molecular weight excluding hydrogens is 290 g/mol. The maximum atomic E-state index is 12.0. The highest BCUT2D eigenvalue weighted by Crippen LogP contribution is 2.12. The van der Waals surface area contributed by atoms with Crippen molar-refractivity contribution < 1.29 is 14.3 Å². The number of hydrogen-bond donors (Lipinski definition) is 1. The van der Waals surface area contributed by atoms with E-state index in [4.69, 9.17) is 4.74 Å². The van der Waals surface area contributed by atoms with E-state index in [0.717, 1.165) is 11.1 Å². The number of nitrogens with one attached hydrogen (secondary N) is 1. The highest BCUT2D eigenvalue weighted by atomic mass is 16.5. The van der Waals surface area contributed by atoms with Gasteiger partial charge in [-0.15, -0.1) is 0 Å². The fourth-order valence-corrected chi connectivity index (χ4v) is 2.24. The van der Waals surface area contributed by atoms with Crippen LogP contribution in [0.3, 0.4) is 0 Å². The van der Waals surface area contributed by atoms with E-state index in [0.29, 0.717) is 12.2 Å². The molecule has 4 heteroatoms. The average molecular weight is 311 g/mol. The summed E-state index contributed by atoms with van der Waals surface area (Å²) in [6, 6.07) is 16.6. The van der Waals surface area contributed by atoms with E-state index >= 15 is 0 Å². The van der Waals surface area contributed by atoms with Gasteiger partial charge in [-0.05, 0) is 43.5 Å². The Morgan fingerprint density at radius 2 is 1.83 bits per heavy atom. The first-order valence-electron chi connectivity index (χ1n) is 7.58. The van der Waals surface area contributed by atoms with Crippen molar-refractivity contribution >= 4 is 11.7 Å². The molecule has 2 rings (SSSR count). The molecule has 0 saturated carbocycles. The highest BCUT2D eigenvalue weighted by molar-refractivity contribution is 5.88. The first-order valence-corrected chi connectivity index (χ1v) is 7.58. The molecule has 0 fully saturated rings. The lowest BCUT2D eigenvalue weighted by Gasteiger charge is -2.16. The van der Waals surface area contributed by atoms with Gasteiger partial charge in [0.1, 0.15) is 5.75 Å². The molecule has 0 aliphatic heterocycles. The summed E-state index contributed by atoms with van der Waals surface area (Å²) in [4.78, 5) is 23.8. The molecule has 0 unspecified atom stereocenters. The van der Waals surface area contributed by atoms with Gasteiger partial charge in [-0.3, -0.25) is 9.59 Å². The van der Waals surface area contributed by atoms with Gasteiger partial charge in [0.15, 0.2) is 12.4 Å². The minimum Gasteiger partial charge on any atom is -0.484 e. The Kier molecular flexibility index (Phi) is 5.92. The molecule has 120 valence electrons. The molecule has 4 nitrogen and oxygen atoms in total. The third-order valence-electron chi connectivity index (χ3n) is 3.47. The number of Topliss-reactive ketones (excluding diaryl/α,β-unsaturated/α-hetero) is 1. The van der Waals surface area contributed by atoms with Crippen LogP contribution < -0.4 is 10.1 Å². The van der Waals surface area contributed by atoms with E-state index in [1.54, 1.807) is 6.07 Å². The number of aryl methyl sites for hydroxylation is 1. The molecular formula is C19H21NO3. The highest BCUT2D eigenvalue weighted by Gasteiger charge is 2.17. The summed E-state index contributed by atoms with van der Waals surface area (Å²) in [5, 5.41) is 2.74. The Hall–Kier alpha value is -2.62. The smallest absolute Gasteiger partial charge is 0.258 e. The maximum absolute atomic E-state index is 12.0. The second-order valence-electron chi connectivity index (χ2n) is 5.53. The van der Waals surface area contributed by atoms with E-state index in [1.807, 2.05) is 55.5 Å². The van der Waals surface area contributed by atoms with E-state index in [-0.39, 0.29) is 18.3 Å². The number of rotatable bonds is 7. The molecule has 23 heavy (non-hydrogen) atoms. The monoisotopic (exact) mass is 311 g/mol. The first kappa shape index (κ1) is 16.7. The van der Waals surface area contributed by atoms with Gasteiger partial charge in [-0.1, -0.05) is 42.5 Å². The Morgan fingerprint density at radius 1 is 1.09 bits per heavy atom.